The number of aromatic nitrogens is 4. The zero-order valence-corrected chi connectivity index (χ0v) is 16.6. The van der Waals surface area contributed by atoms with E-state index in [4.69, 9.17) is 5.73 Å². The molecule has 1 aliphatic heterocycles. The van der Waals surface area contributed by atoms with Crippen LogP contribution >= 0.6 is 0 Å². The van der Waals surface area contributed by atoms with Gasteiger partial charge in [0.1, 0.15) is 11.6 Å². The summed E-state index contributed by atoms with van der Waals surface area (Å²) in [7, 11) is 0. The highest BCUT2D eigenvalue weighted by Crippen LogP contribution is 2.25. The molecule has 4 aromatic rings. The van der Waals surface area contributed by atoms with Gasteiger partial charge >= 0.3 is 0 Å². The average molecular weight is 400 g/mol. The molecule has 0 saturated carbocycles. The third-order valence-electron chi connectivity index (χ3n) is 5.28. The summed E-state index contributed by atoms with van der Waals surface area (Å²) in [6, 6.07) is 14.1. The lowest BCUT2D eigenvalue weighted by molar-refractivity contribution is 0.233. The van der Waals surface area contributed by atoms with Crippen LogP contribution in [-0.4, -0.2) is 51.0 Å². The number of imidazole rings is 1. The van der Waals surface area contributed by atoms with Gasteiger partial charge in [0.25, 0.3) is 0 Å². The van der Waals surface area contributed by atoms with Crippen molar-refractivity contribution in [3.05, 3.63) is 60.4 Å². The predicted molar refractivity (Wildman–Crippen MR) is 119 cm³/mol. The van der Waals surface area contributed by atoms with Gasteiger partial charge in [0.15, 0.2) is 0 Å². The van der Waals surface area contributed by atoms with E-state index in [9.17, 15) is 0 Å². The summed E-state index contributed by atoms with van der Waals surface area (Å²) in [6.45, 7) is 5.16. The summed E-state index contributed by atoms with van der Waals surface area (Å²) in [5, 5.41) is 6.69. The molecular weight excluding hydrogens is 376 g/mol. The van der Waals surface area contributed by atoms with Gasteiger partial charge in [-0.05, 0) is 53.1 Å². The van der Waals surface area contributed by atoms with Crippen molar-refractivity contribution in [2.75, 3.05) is 37.2 Å². The van der Waals surface area contributed by atoms with Crippen LogP contribution < -0.4 is 16.4 Å². The van der Waals surface area contributed by atoms with E-state index in [-0.39, 0.29) is 0 Å². The fourth-order valence-electron chi connectivity index (χ4n) is 3.77. The normalized spacial score (nSPS) is 14.8. The van der Waals surface area contributed by atoms with Gasteiger partial charge in [0, 0.05) is 45.1 Å². The van der Waals surface area contributed by atoms with Crippen LogP contribution in [0.3, 0.4) is 0 Å². The van der Waals surface area contributed by atoms with Crippen LogP contribution in [-0.2, 0) is 6.54 Å². The molecule has 4 heterocycles. The summed E-state index contributed by atoms with van der Waals surface area (Å²) in [6.07, 6.45) is 3.56. The lowest BCUT2D eigenvalue weighted by atomic mass is 10.1. The van der Waals surface area contributed by atoms with E-state index in [1.165, 1.54) is 5.56 Å². The maximum atomic E-state index is 5.82. The minimum Gasteiger partial charge on any atom is -0.384 e. The summed E-state index contributed by atoms with van der Waals surface area (Å²) in [5.74, 6) is 1.96. The van der Waals surface area contributed by atoms with Gasteiger partial charge in [0.05, 0.1) is 11.0 Å². The van der Waals surface area contributed by atoms with Crippen molar-refractivity contribution in [3.8, 4) is 11.1 Å². The molecule has 0 amide bonds. The Labute approximate surface area is 174 Å². The van der Waals surface area contributed by atoms with Crippen molar-refractivity contribution in [1.82, 2.24) is 30.2 Å². The van der Waals surface area contributed by atoms with Crippen LogP contribution in [0.5, 0.6) is 0 Å². The van der Waals surface area contributed by atoms with Crippen molar-refractivity contribution in [2.24, 2.45) is 0 Å². The van der Waals surface area contributed by atoms with E-state index in [2.05, 4.69) is 53.7 Å². The van der Waals surface area contributed by atoms with Gasteiger partial charge in [-0.3, -0.25) is 4.90 Å². The average Bonchev–Trinajstić information content (AvgIpc) is 3.16. The maximum Gasteiger partial charge on any atom is 0.206 e. The van der Waals surface area contributed by atoms with Crippen LogP contribution in [0.1, 0.15) is 5.56 Å². The van der Waals surface area contributed by atoms with Crippen molar-refractivity contribution in [2.45, 2.75) is 6.54 Å². The number of H-pyrrole nitrogens is 1. The summed E-state index contributed by atoms with van der Waals surface area (Å²) < 4.78 is 0. The van der Waals surface area contributed by atoms with Crippen LogP contribution in [0, 0.1) is 0 Å². The van der Waals surface area contributed by atoms with Crippen LogP contribution in [0.15, 0.2) is 54.9 Å². The highest BCUT2D eigenvalue weighted by atomic mass is 15.2. The van der Waals surface area contributed by atoms with Gasteiger partial charge in [-0.25, -0.2) is 15.0 Å². The van der Waals surface area contributed by atoms with E-state index in [0.29, 0.717) is 11.8 Å². The molecule has 0 bridgehead atoms. The Balaban J connectivity index is 1.34. The number of anilines is 3. The molecule has 30 heavy (non-hydrogen) atoms. The van der Waals surface area contributed by atoms with Crippen LogP contribution in [0.25, 0.3) is 22.2 Å². The van der Waals surface area contributed by atoms with Crippen molar-refractivity contribution >= 4 is 28.6 Å². The number of benzene rings is 1. The maximum absolute atomic E-state index is 5.82. The number of aromatic amines is 1. The molecule has 0 unspecified atom stereocenters. The molecular formula is C22H24N8. The first-order chi connectivity index (χ1) is 14.7. The van der Waals surface area contributed by atoms with Gasteiger partial charge in [-0.1, -0.05) is 6.07 Å². The number of nitrogens with one attached hydrogen (secondary N) is 3. The molecule has 8 nitrogen and oxygen atoms in total. The van der Waals surface area contributed by atoms with E-state index in [1.54, 1.807) is 6.20 Å². The number of pyridine rings is 2. The zero-order valence-electron chi connectivity index (χ0n) is 16.6. The molecule has 1 aliphatic rings. The summed E-state index contributed by atoms with van der Waals surface area (Å²) in [4.78, 5) is 18.9. The van der Waals surface area contributed by atoms with Crippen molar-refractivity contribution < 1.29 is 0 Å². The minimum atomic E-state index is 0.506. The third kappa shape index (κ3) is 4.10. The number of nitrogens with zero attached hydrogens (tertiary/aromatic N) is 4. The van der Waals surface area contributed by atoms with E-state index >= 15 is 0 Å². The highest BCUT2D eigenvalue weighted by molar-refractivity contribution is 5.84. The number of hydrogen-bond acceptors (Lipinski definition) is 7. The lowest BCUT2D eigenvalue weighted by Crippen LogP contribution is -2.42. The standard InChI is InChI=1S/C22H24N8/c23-20-13-17(4-6-25-20)16-1-2-18-19(12-16)28-22(27-18)29-21-11-15(3-5-26-21)14-30-9-7-24-8-10-30/h1-6,11-13,24H,7-10,14H2,(H2,23,25)(H2,26,27,28,29). The number of piperazine rings is 1. The van der Waals surface area contributed by atoms with Crippen LogP contribution in [0.2, 0.25) is 0 Å². The molecule has 1 aromatic carbocycles. The molecule has 3 aromatic heterocycles. The van der Waals surface area contributed by atoms with Gasteiger partial charge in [0.2, 0.25) is 5.95 Å². The molecule has 5 N–H and O–H groups in total. The van der Waals surface area contributed by atoms with Crippen molar-refractivity contribution in [3.63, 3.8) is 0 Å². The second-order valence-electron chi connectivity index (χ2n) is 7.49. The van der Waals surface area contributed by atoms with Gasteiger partial charge < -0.3 is 21.4 Å². The Morgan fingerprint density at radius 3 is 2.67 bits per heavy atom. The Hall–Kier alpha value is -3.49. The molecule has 1 saturated heterocycles. The first-order valence-electron chi connectivity index (χ1n) is 10.1. The van der Waals surface area contributed by atoms with E-state index < -0.39 is 0 Å². The second-order valence-corrected chi connectivity index (χ2v) is 7.49. The Morgan fingerprint density at radius 2 is 1.80 bits per heavy atom. The second kappa shape index (κ2) is 8.10. The fraction of sp³-hybridized carbons (Fsp3) is 0.227. The summed E-state index contributed by atoms with van der Waals surface area (Å²) in [5.41, 5.74) is 11.0. The summed E-state index contributed by atoms with van der Waals surface area (Å²) >= 11 is 0. The molecule has 8 heteroatoms. The molecule has 152 valence electrons. The van der Waals surface area contributed by atoms with Crippen molar-refractivity contribution in [1.29, 1.82) is 0 Å². The number of fused-ring (bicyclic) bond motifs is 1. The fourth-order valence-corrected chi connectivity index (χ4v) is 3.77. The zero-order chi connectivity index (χ0) is 20.3. The number of nitrogen functional groups attached to an aromatic ring is 1. The third-order valence-corrected chi connectivity index (χ3v) is 5.28. The topological polar surface area (TPSA) is 108 Å². The quantitative estimate of drug-likeness (QED) is 0.408. The molecule has 5 rings (SSSR count). The van der Waals surface area contributed by atoms with E-state index in [1.807, 2.05) is 30.5 Å². The number of nitrogens with two attached hydrogens (primary N) is 1. The molecule has 0 atom stereocenters. The molecule has 0 spiro atoms. The monoisotopic (exact) mass is 400 g/mol. The highest BCUT2D eigenvalue weighted by Gasteiger charge is 2.11. The van der Waals surface area contributed by atoms with E-state index in [0.717, 1.165) is 60.7 Å². The van der Waals surface area contributed by atoms with Gasteiger partial charge in [-0.2, -0.15) is 0 Å². The smallest absolute Gasteiger partial charge is 0.206 e. The SMILES string of the molecule is Nc1cc(-c2ccc3nc(Nc4cc(CN5CCNCC5)ccn4)[nH]c3c2)ccn1. The Morgan fingerprint density at radius 1 is 0.967 bits per heavy atom. The molecule has 1 fully saturated rings. The number of hydrogen-bond donors (Lipinski definition) is 4. The first-order valence-corrected chi connectivity index (χ1v) is 10.1. The largest absolute Gasteiger partial charge is 0.384 e. The molecule has 0 radical (unpaired) electrons. The number of rotatable bonds is 5. The minimum absolute atomic E-state index is 0.506. The predicted octanol–water partition coefficient (Wildman–Crippen LogP) is 2.75. The Bertz CT molecular complexity index is 1160. The van der Waals surface area contributed by atoms with Gasteiger partial charge in [-0.15, -0.1) is 0 Å². The lowest BCUT2D eigenvalue weighted by Gasteiger charge is -2.27. The first kappa shape index (κ1) is 18.5. The molecule has 0 aliphatic carbocycles. The van der Waals surface area contributed by atoms with Crippen LogP contribution in [0.4, 0.5) is 17.6 Å². The Kier molecular flexibility index (Phi) is 5.00.